The van der Waals surface area contributed by atoms with E-state index in [0.717, 1.165) is 18.9 Å². The Morgan fingerprint density at radius 3 is 2.83 bits per heavy atom. The van der Waals surface area contributed by atoms with Gasteiger partial charge in [0.15, 0.2) is 0 Å². The number of ether oxygens (including phenoxy) is 1. The van der Waals surface area contributed by atoms with E-state index in [1.54, 1.807) is 6.07 Å². The predicted molar refractivity (Wildman–Crippen MR) is 61.2 cm³/mol. The zero-order valence-corrected chi connectivity index (χ0v) is 14.1. The fourth-order valence-corrected chi connectivity index (χ4v) is 1.91. The van der Waals surface area contributed by atoms with Crippen molar-refractivity contribution >= 4 is 24.0 Å². The first-order chi connectivity index (χ1) is 8.15. The Bertz CT molecular complexity index is 474. The van der Waals surface area contributed by atoms with Crippen molar-refractivity contribution in [2.45, 2.75) is 6.42 Å². The van der Waals surface area contributed by atoms with Gasteiger partial charge in [-0.15, -0.1) is 0 Å². The molecule has 8 heteroatoms. The summed E-state index contributed by atoms with van der Waals surface area (Å²) in [5, 5.41) is 10.5. The van der Waals surface area contributed by atoms with Crippen LogP contribution < -0.4 is 61.4 Å². The van der Waals surface area contributed by atoms with Crippen molar-refractivity contribution in [1.82, 2.24) is 9.97 Å². The van der Waals surface area contributed by atoms with Crippen LogP contribution >= 0.6 is 12.2 Å². The van der Waals surface area contributed by atoms with Crippen LogP contribution in [0.1, 0.15) is 5.82 Å². The van der Waals surface area contributed by atoms with Crippen molar-refractivity contribution in [3.05, 3.63) is 16.5 Å². The average molecular weight is 293 g/mol. The third kappa shape index (κ3) is 4.69. The molecule has 0 bridgehead atoms. The Morgan fingerprint density at radius 1 is 1.56 bits per heavy atom. The molecule has 18 heavy (non-hydrogen) atoms. The quantitative estimate of drug-likeness (QED) is 0.456. The minimum Gasteiger partial charge on any atom is -0.550 e. The molecule has 1 saturated heterocycles. The van der Waals surface area contributed by atoms with Crippen LogP contribution in [0.15, 0.2) is 6.07 Å². The molecule has 0 atom stereocenters. The van der Waals surface area contributed by atoms with E-state index in [0.29, 0.717) is 23.7 Å². The Hall–Kier alpha value is 0.166. The summed E-state index contributed by atoms with van der Waals surface area (Å²) in [6.07, 6.45) is -0.262. The van der Waals surface area contributed by atoms with Gasteiger partial charge in [-0.1, -0.05) is 12.2 Å². The number of carboxylic acid groups (broad SMARTS) is 1. The van der Waals surface area contributed by atoms with Gasteiger partial charge in [-0.25, -0.2) is 4.98 Å². The number of hydrogen-bond donors (Lipinski definition) is 1. The number of nitrogens with zero attached hydrogens (tertiary/aromatic N) is 2. The molecule has 1 fully saturated rings. The van der Waals surface area contributed by atoms with Crippen LogP contribution in [0.3, 0.4) is 0 Å². The Labute approximate surface area is 152 Å². The largest absolute Gasteiger partial charge is 1.00 e. The third-order valence-electron chi connectivity index (χ3n) is 2.44. The number of aromatic amines is 1. The van der Waals surface area contributed by atoms with Gasteiger partial charge < -0.3 is 24.5 Å². The molecule has 1 aliphatic rings. The first kappa shape index (κ1) is 16.2. The number of H-pyrrole nitrogens is 1. The molecule has 1 N–H and O–H groups in total. The van der Waals surface area contributed by atoms with Crippen LogP contribution in [0.4, 0.5) is 5.82 Å². The maximum absolute atomic E-state index is 10.5. The van der Waals surface area contributed by atoms with E-state index < -0.39 is 5.97 Å². The number of carboxylic acids is 1. The normalized spacial score (nSPS) is 15.0. The fraction of sp³-hybridized carbons (Fsp3) is 0.500. The topological polar surface area (TPSA) is 81.3 Å². The van der Waals surface area contributed by atoms with E-state index in [1.165, 1.54) is 0 Å². The van der Waals surface area contributed by atoms with Gasteiger partial charge in [0.2, 0.25) is 0 Å². The van der Waals surface area contributed by atoms with Crippen molar-refractivity contribution in [2.24, 2.45) is 0 Å². The molecule has 92 valence electrons. The van der Waals surface area contributed by atoms with Crippen molar-refractivity contribution in [1.29, 1.82) is 0 Å². The summed E-state index contributed by atoms with van der Waals surface area (Å²) in [5.74, 6) is -0.0779. The number of aromatic nitrogens is 2. The molecule has 0 radical (unpaired) electrons. The zero-order chi connectivity index (χ0) is 12.3. The average Bonchev–Trinajstić information content (AvgIpc) is 2.28. The van der Waals surface area contributed by atoms with Gasteiger partial charge in [0, 0.05) is 31.5 Å². The molecule has 0 saturated carbocycles. The minimum atomic E-state index is -1.18. The third-order valence-corrected chi connectivity index (χ3v) is 2.65. The van der Waals surface area contributed by atoms with E-state index in [9.17, 15) is 9.90 Å². The number of hydrogen-bond acceptors (Lipinski definition) is 6. The van der Waals surface area contributed by atoms with Crippen LogP contribution in [0.5, 0.6) is 0 Å². The molecule has 0 amide bonds. The van der Waals surface area contributed by atoms with Gasteiger partial charge >= 0.3 is 51.4 Å². The molecule has 6 nitrogen and oxygen atoms in total. The monoisotopic (exact) mass is 293 g/mol. The van der Waals surface area contributed by atoms with Crippen LogP contribution in [0, 0.1) is 4.64 Å². The molecular formula is C10H12KN3O3S. The number of carbonyl (C=O) groups excluding carboxylic acids is 1. The number of carbonyl (C=O) groups is 1. The first-order valence-electron chi connectivity index (χ1n) is 5.28. The van der Waals surface area contributed by atoms with Gasteiger partial charge in [-0.2, -0.15) is 0 Å². The Balaban J connectivity index is 0.00000162. The Morgan fingerprint density at radius 2 is 2.22 bits per heavy atom. The van der Waals surface area contributed by atoms with Crippen LogP contribution in [-0.2, 0) is 16.0 Å². The number of anilines is 1. The second-order valence-corrected chi connectivity index (χ2v) is 4.12. The number of rotatable bonds is 3. The van der Waals surface area contributed by atoms with E-state index in [1.807, 2.05) is 0 Å². The molecule has 0 aromatic carbocycles. The maximum Gasteiger partial charge on any atom is 1.00 e. The van der Waals surface area contributed by atoms with Gasteiger partial charge in [0.05, 0.1) is 13.2 Å². The standard InChI is InChI=1S/C10H13N3O3S.K/c14-10(15)5-7-11-8(6-9(17)12-7)13-1-3-16-4-2-13;/h6H,1-5H2,(H,14,15)(H,11,12,17);/q;+1/p-1. The van der Waals surface area contributed by atoms with Crippen LogP contribution in [0.2, 0.25) is 0 Å². The molecule has 0 aliphatic carbocycles. The van der Waals surface area contributed by atoms with Crippen LogP contribution in [-0.4, -0.2) is 42.2 Å². The van der Waals surface area contributed by atoms with Gasteiger partial charge in [-0.05, 0) is 0 Å². The molecule has 0 unspecified atom stereocenters. The van der Waals surface area contributed by atoms with Gasteiger partial charge in [0.1, 0.15) is 16.3 Å². The first-order valence-corrected chi connectivity index (χ1v) is 5.69. The smallest absolute Gasteiger partial charge is 0.550 e. The fourth-order valence-electron chi connectivity index (χ4n) is 1.69. The molecule has 2 rings (SSSR count). The molecule has 0 spiro atoms. The van der Waals surface area contributed by atoms with Crippen LogP contribution in [0.25, 0.3) is 0 Å². The summed E-state index contributed by atoms with van der Waals surface area (Å²) in [5.41, 5.74) is 0. The molecule has 2 heterocycles. The molecule has 1 aliphatic heterocycles. The number of morpholine rings is 1. The zero-order valence-electron chi connectivity index (χ0n) is 10.1. The summed E-state index contributed by atoms with van der Waals surface area (Å²) in [7, 11) is 0. The van der Waals surface area contributed by atoms with Gasteiger partial charge in [-0.3, -0.25) is 0 Å². The molecule has 1 aromatic rings. The van der Waals surface area contributed by atoms with Crippen molar-refractivity contribution < 1.29 is 66.0 Å². The molecular weight excluding hydrogens is 281 g/mol. The van der Waals surface area contributed by atoms with E-state index in [2.05, 4.69) is 14.9 Å². The maximum atomic E-state index is 10.5. The Kier molecular flexibility index (Phi) is 6.92. The molecule has 1 aromatic heterocycles. The van der Waals surface area contributed by atoms with E-state index >= 15 is 0 Å². The summed E-state index contributed by atoms with van der Waals surface area (Å²) < 4.78 is 5.62. The summed E-state index contributed by atoms with van der Waals surface area (Å²) in [4.78, 5) is 19.5. The SMILES string of the molecule is O=C([O-])Cc1nc(=S)cc(N2CCOCC2)[nH]1.[K+]. The van der Waals surface area contributed by atoms with Crippen molar-refractivity contribution in [3.63, 3.8) is 0 Å². The van der Waals surface area contributed by atoms with Crippen molar-refractivity contribution in [2.75, 3.05) is 31.2 Å². The van der Waals surface area contributed by atoms with Crippen molar-refractivity contribution in [3.8, 4) is 0 Å². The van der Waals surface area contributed by atoms with E-state index in [-0.39, 0.29) is 57.8 Å². The van der Waals surface area contributed by atoms with E-state index in [4.69, 9.17) is 17.0 Å². The second-order valence-electron chi connectivity index (χ2n) is 3.70. The summed E-state index contributed by atoms with van der Waals surface area (Å²) in [6, 6.07) is 1.72. The minimum absolute atomic E-state index is 0. The predicted octanol–water partition coefficient (Wildman–Crippen LogP) is -3.73. The summed E-state index contributed by atoms with van der Waals surface area (Å²) in [6.45, 7) is 2.80. The van der Waals surface area contributed by atoms with Gasteiger partial charge in [0.25, 0.3) is 0 Å². The summed E-state index contributed by atoms with van der Waals surface area (Å²) >= 11 is 5.01. The second kappa shape index (κ2) is 7.68. The number of aliphatic carboxylic acids is 1. The number of nitrogens with one attached hydrogen (secondary N) is 1.